The van der Waals surface area contributed by atoms with Crippen LogP contribution in [0.2, 0.25) is 0 Å². The molecule has 0 spiro atoms. The Balaban J connectivity index is 1.89. The largest absolute Gasteiger partial charge is 0.395 e. The summed E-state index contributed by atoms with van der Waals surface area (Å²) in [6.07, 6.45) is 3.73. The van der Waals surface area contributed by atoms with E-state index in [1.54, 1.807) is 6.07 Å². The molecule has 0 saturated heterocycles. The first-order chi connectivity index (χ1) is 17.2. The third-order valence-corrected chi connectivity index (χ3v) is 7.24. The lowest BCUT2D eigenvalue weighted by atomic mass is 10.00. The summed E-state index contributed by atoms with van der Waals surface area (Å²) < 4.78 is 17.8. The van der Waals surface area contributed by atoms with Crippen molar-refractivity contribution < 1.29 is 18.8 Å². The van der Waals surface area contributed by atoms with Crippen LogP contribution in [-0.2, 0) is 4.79 Å². The summed E-state index contributed by atoms with van der Waals surface area (Å²) in [5.74, 6) is -2.31. The van der Waals surface area contributed by atoms with E-state index in [1.807, 2.05) is 26.0 Å². The first-order valence-corrected chi connectivity index (χ1v) is 12.5. The molecule has 188 valence electrons. The van der Waals surface area contributed by atoms with Gasteiger partial charge in [-0.25, -0.2) is 4.39 Å². The van der Waals surface area contributed by atoms with Crippen molar-refractivity contribution in [1.82, 2.24) is 9.69 Å². The minimum atomic E-state index is -1.13. The lowest BCUT2D eigenvalue weighted by molar-refractivity contribution is -0.123. The second-order valence-corrected chi connectivity index (χ2v) is 9.82. The Hall–Kier alpha value is -3.79. The van der Waals surface area contributed by atoms with E-state index in [0.29, 0.717) is 11.3 Å². The second kappa shape index (κ2) is 10.4. The highest BCUT2D eigenvalue weighted by Gasteiger charge is 2.37. The molecule has 8 nitrogen and oxygen atoms in total. The molecule has 10 heteroatoms. The molecule has 1 aliphatic rings. The van der Waals surface area contributed by atoms with Crippen molar-refractivity contribution in [3.8, 4) is 0 Å². The fourth-order valence-electron chi connectivity index (χ4n) is 4.50. The van der Waals surface area contributed by atoms with Gasteiger partial charge >= 0.3 is 0 Å². The number of aromatic nitrogens is 1. The molecule has 1 heterocycles. The summed E-state index contributed by atoms with van der Waals surface area (Å²) in [6, 6.07) is 9.91. The molecule has 0 aliphatic heterocycles. The van der Waals surface area contributed by atoms with Gasteiger partial charge in [0.15, 0.2) is 5.69 Å². The molecule has 3 amide bonds. The van der Waals surface area contributed by atoms with E-state index in [0.717, 1.165) is 48.3 Å². The van der Waals surface area contributed by atoms with Crippen LogP contribution in [0.5, 0.6) is 0 Å². The van der Waals surface area contributed by atoms with Crippen molar-refractivity contribution in [3.05, 3.63) is 75.5 Å². The highest BCUT2D eigenvalue weighted by molar-refractivity contribution is 7.09. The number of carbonyl (C=O) groups excluding carboxylic acids is 3. The molecule has 1 aliphatic carbocycles. The zero-order chi connectivity index (χ0) is 26.0. The van der Waals surface area contributed by atoms with Crippen LogP contribution in [0.25, 0.3) is 0 Å². The van der Waals surface area contributed by atoms with Crippen molar-refractivity contribution in [1.29, 1.82) is 0 Å². The fourth-order valence-corrected chi connectivity index (χ4v) is 5.24. The van der Waals surface area contributed by atoms with Crippen LogP contribution in [0.1, 0.15) is 68.6 Å². The van der Waals surface area contributed by atoms with Crippen molar-refractivity contribution in [2.45, 2.75) is 51.6 Å². The van der Waals surface area contributed by atoms with E-state index in [9.17, 15) is 18.8 Å². The van der Waals surface area contributed by atoms with E-state index in [2.05, 4.69) is 9.69 Å². The van der Waals surface area contributed by atoms with Gasteiger partial charge in [-0.05, 0) is 73.1 Å². The number of hydrogen-bond donors (Lipinski definition) is 3. The molecule has 3 aromatic rings. The average Bonchev–Trinajstić information content (AvgIpc) is 3.49. The number of nitrogen functional groups attached to an aromatic ring is 1. The predicted molar refractivity (Wildman–Crippen MR) is 137 cm³/mol. The van der Waals surface area contributed by atoms with E-state index < -0.39 is 23.7 Å². The second-order valence-electron chi connectivity index (χ2n) is 9.05. The molecule has 0 radical (unpaired) electrons. The number of primary amides is 1. The number of anilines is 2. The van der Waals surface area contributed by atoms with Gasteiger partial charge in [0.2, 0.25) is 5.91 Å². The third-order valence-electron chi connectivity index (χ3n) is 6.39. The number of benzene rings is 2. The molecule has 1 fully saturated rings. The number of amides is 3. The van der Waals surface area contributed by atoms with Crippen LogP contribution in [0.15, 0.2) is 42.5 Å². The fraction of sp³-hybridized carbons (Fsp3) is 0.308. The summed E-state index contributed by atoms with van der Waals surface area (Å²) in [7, 11) is 0. The molecular formula is C26H28FN5O3S. The minimum absolute atomic E-state index is 0.00838. The molecule has 5 N–H and O–H groups in total. The van der Waals surface area contributed by atoms with Gasteiger partial charge in [-0.2, -0.15) is 4.37 Å². The van der Waals surface area contributed by atoms with Gasteiger partial charge in [0, 0.05) is 11.7 Å². The van der Waals surface area contributed by atoms with Gasteiger partial charge in [0.25, 0.3) is 11.8 Å². The number of nitrogens with one attached hydrogen (secondary N) is 1. The van der Waals surface area contributed by atoms with Gasteiger partial charge in [-0.1, -0.05) is 37.1 Å². The molecule has 0 bridgehead atoms. The monoisotopic (exact) mass is 509 g/mol. The molecule has 2 aromatic carbocycles. The van der Waals surface area contributed by atoms with Crippen molar-refractivity contribution in [3.63, 3.8) is 0 Å². The van der Waals surface area contributed by atoms with E-state index in [-0.39, 0.29) is 28.2 Å². The number of hydrogen-bond acceptors (Lipinski definition) is 6. The molecular weight excluding hydrogens is 481 g/mol. The van der Waals surface area contributed by atoms with Gasteiger partial charge in [-0.15, -0.1) is 0 Å². The average molecular weight is 510 g/mol. The van der Waals surface area contributed by atoms with Crippen LogP contribution in [0.3, 0.4) is 0 Å². The smallest absolute Gasteiger partial charge is 0.273 e. The maximum atomic E-state index is 14.1. The minimum Gasteiger partial charge on any atom is -0.395 e. The number of aryl methyl sites for hydroxylation is 2. The van der Waals surface area contributed by atoms with E-state index in [1.165, 1.54) is 29.2 Å². The molecule has 36 heavy (non-hydrogen) atoms. The standard InChI is InChI=1S/C26H28FN5O3S/c1-14-7-8-15(2)19(13-14)32(26(35)23-20(28)21(24(29)33)31-36-23)22(16-9-11-17(27)12-10-16)25(34)30-18-5-3-4-6-18/h7-13,18,22H,3-6,28H2,1-2H3,(H2,29,33)(H,30,34)/t22-/m1/s1. The zero-order valence-electron chi connectivity index (χ0n) is 20.1. The Kier molecular flexibility index (Phi) is 7.35. The van der Waals surface area contributed by atoms with Crippen molar-refractivity contribution >= 4 is 40.6 Å². The molecule has 1 atom stereocenters. The van der Waals surface area contributed by atoms with Gasteiger partial charge in [0.1, 0.15) is 16.7 Å². The first kappa shape index (κ1) is 25.3. The van der Waals surface area contributed by atoms with Crippen LogP contribution in [0, 0.1) is 19.7 Å². The predicted octanol–water partition coefficient (Wildman–Crippen LogP) is 4.03. The summed E-state index contributed by atoms with van der Waals surface area (Å²) in [5, 5.41) is 3.08. The lowest BCUT2D eigenvalue weighted by Crippen LogP contribution is -2.46. The van der Waals surface area contributed by atoms with Crippen LogP contribution in [0.4, 0.5) is 15.8 Å². The normalized spacial score (nSPS) is 14.4. The number of nitrogens with two attached hydrogens (primary N) is 2. The van der Waals surface area contributed by atoms with Crippen LogP contribution in [-0.4, -0.2) is 28.1 Å². The number of rotatable bonds is 7. The SMILES string of the molecule is Cc1ccc(C)c(N(C(=O)c2snc(C(N)=O)c2N)[C@@H](C(=O)NC2CCCC2)c2ccc(F)cc2)c1. The molecule has 0 unspecified atom stereocenters. The summed E-state index contributed by atoms with van der Waals surface area (Å²) >= 11 is 0.747. The molecule has 1 aromatic heterocycles. The van der Waals surface area contributed by atoms with Gasteiger partial charge in [0.05, 0.1) is 5.69 Å². The highest BCUT2D eigenvalue weighted by Crippen LogP contribution is 2.35. The Morgan fingerprint density at radius 1 is 1.11 bits per heavy atom. The Bertz CT molecular complexity index is 1300. The topological polar surface area (TPSA) is 131 Å². The zero-order valence-corrected chi connectivity index (χ0v) is 20.9. The third kappa shape index (κ3) is 5.08. The van der Waals surface area contributed by atoms with Crippen molar-refractivity contribution in [2.75, 3.05) is 10.6 Å². The Morgan fingerprint density at radius 3 is 2.39 bits per heavy atom. The number of carbonyl (C=O) groups is 3. The van der Waals surface area contributed by atoms with E-state index in [4.69, 9.17) is 11.5 Å². The number of halogens is 1. The Labute approximate surface area is 212 Å². The number of nitrogens with zero attached hydrogens (tertiary/aromatic N) is 2. The molecule has 1 saturated carbocycles. The maximum Gasteiger partial charge on any atom is 0.273 e. The summed E-state index contributed by atoms with van der Waals surface area (Å²) in [4.78, 5) is 41.0. The summed E-state index contributed by atoms with van der Waals surface area (Å²) in [6.45, 7) is 3.71. The van der Waals surface area contributed by atoms with Crippen molar-refractivity contribution in [2.24, 2.45) is 5.73 Å². The van der Waals surface area contributed by atoms with Crippen LogP contribution < -0.4 is 21.7 Å². The first-order valence-electron chi connectivity index (χ1n) is 11.7. The van der Waals surface area contributed by atoms with E-state index >= 15 is 0 Å². The molecule has 4 rings (SSSR count). The highest BCUT2D eigenvalue weighted by atomic mass is 32.1. The van der Waals surface area contributed by atoms with Gasteiger partial charge in [-0.3, -0.25) is 19.3 Å². The quantitative estimate of drug-likeness (QED) is 0.443. The summed E-state index contributed by atoms with van der Waals surface area (Å²) in [5.41, 5.74) is 13.7. The van der Waals surface area contributed by atoms with Crippen LogP contribution >= 0.6 is 11.5 Å². The maximum absolute atomic E-state index is 14.1. The lowest BCUT2D eigenvalue weighted by Gasteiger charge is -2.33. The van der Waals surface area contributed by atoms with Gasteiger partial charge < -0.3 is 16.8 Å². The Morgan fingerprint density at radius 2 is 1.78 bits per heavy atom.